The molecule has 0 aliphatic heterocycles. The Balaban J connectivity index is 1.76. The zero-order chi connectivity index (χ0) is 21.2. The Kier molecular flexibility index (Phi) is 5.75. The Morgan fingerprint density at radius 2 is 1.69 bits per heavy atom. The smallest absolute Gasteiger partial charge is 0.412 e. The van der Waals surface area contributed by atoms with Gasteiger partial charge in [-0.1, -0.05) is 23.7 Å². The van der Waals surface area contributed by atoms with Crippen molar-refractivity contribution in [1.82, 2.24) is 0 Å². The molecule has 1 fully saturated rings. The van der Waals surface area contributed by atoms with E-state index >= 15 is 0 Å². The van der Waals surface area contributed by atoms with Gasteiger partial charge in [0.05, 0.1) is 18.2 Å². The van der Waals surface area contributed by atoms with Crippen LogP contribution in [0.15, 0.2) is 42.5 Å². The van der Waals surface area contributed by atoms with E-state index in [-0.39, 0.29) is 5.91 Å². The fourth-order valence-corrected chi connectivity index (χ4v) is 3.21. The number of benzene rings is 2. The molecule has 1 aliphatic carbocycles. The van der Waals surface area contributed by atoms with Gasteiger partial charge < -0.3 is 14.8 Å². The summed E-state index contributed by atoms with van der Waals surface area (Å²) < 4.78 is 10.6. The Morgan fingerprint density at radius 3 is 2.24 bits per heavy atom. The molecule has 1 aliphatic rings. The molecule has 7 heteroatoms. The summed E-state index contributed by atoms with van der Waals surface area (Å²) in [6.45, 7) is 5.35. The van der Waals surface area contributed by atoms with Crippen molar-refractivity contribution in [1.29, 1.82) is 0 Å². The number of carbonyl (C=O) groups is 2. The fraction of sp³-hybridized carbons (Fsp3) is 0.364. The molecule has 154 valence electrons. The first-order chi connectivity index (χ1) is 13.6. The van der Waals surface area contributed by atoms with E-state index in [9.17, 15) is 9.59 Å². The van der Waals surface area contributed by atoms with Crippen LogP contribution in [0.1, 0.15) is 39.2 Å². The topological polar surface area (TPSA) is 76.7 Å². The van der Waals surface area contributed by atoms with Crippen LogP contribution in [-0.4, -0.2) is 24.7 Å². The number of carbonyl (C=O) groups excluding carboxylic acids is 2. The lowest BCUT2D eigenvalue weighted by molar-refractivity contribution is -0.118. The lowest BCUT2D eigenvalue weighted by atomic mass is 9.95. The predicted molar refractivity (Wildman–Crippen MR) is 114 cm³/mol. The van der Waals surface area contributed by atoms with E-state index in [1.165, 1.54) is 7.11 Å². The lowest BCUT2D eigenvalue weighted by Gasteiger charge is -2.21. The molecule has 0 heterocycles. The van der Waals surface area contributed by atoms with Crippen LogP contribution in [0.5, 0.6) is 5.75 Å². The molecule has 2 N–H and O–H groups in total. The van der Waals surface area contributed by atoms with Gasteiger partial charge in [-0.3, -0.25) is 10.1 Å². The van der Waals surface area contributed by atoms with E-state index in [1.54, 1.807) is 51.1 Å². The van der Waals surface area contributed by atoms with Crippen molar-refractivity contribution in [2.24, 2.45) is 0 Å². The molecule has 2 amide bonds. The van der Waals surface area contributed by atoms with Crippen molar-refractivity contribution in [3.05, 3.63) is 53.1 Å². The molecule has 3 rings (SSSR count). The van der Waals surface area contributed by atoms with E-state index in [1.807, 2.05) is 12.1 Å². The van der Waals surface area contributed by atoms with E-state index in [2.05, 4.69) is 10.6 Å². The molecular formula is C22H25ClN2O4. The second-order valence-electron chi connectivity index (χ2n) is 8.09. The van der Waals surface area contributed by atoms with Gasteiger partial charge in [0, 0.05) is 10.7 Å². The summed E-state index contributed by atoms with van der Waals surface area (Å²) in [6.07, 6.45) is 0.957. The van der Waals surface area contributed by atoms with Gasteiger partial charge in [-0.05, 0) is 69.5 Å². The van der Waals surface area contributed by atoms with Crippen molar-refractivity contribution in [2.75, 3.05) is 17.7 Å². The Morgan fingerprint density at radius 1 is 1.03 bits per heavy atom. The molecule has 0 radical (unpaired) electrons. The summed E-state index contributed by atoms with van der Waals surface area (Å²) in [7, 11) is 1.51. The molecule has 2 aromatic rings. The first kappa shape index (κ1) is 21.0. The minimum absolute atomic E-state index is 0.0896. The second kappa shape index (κ2) is 7.95. The average Bonchev–Trinajstić information content (AvgIpc) is 3.43. The van der Waals surface area contributed by atoms with Crippen molar-refractivity contribution in [3.63, 3.8) is 0 Å². The Labute approximate surface area is 175 Å². The van der Waals surface area contributed by atoms with Crippen LogP contribution in [0, 0.1) is 0 Å². The van der Waals surface area contributed by atoms with Crippen molar-refractivity contribution in [2.45, 2.75) is 44.6 Å². The maximum Gasteiger partial charge on any atom is 0.412 e. The molecule has 0 bridgehead atoms. The number of amides is 2. The van der Waals surface area contributed by atoms with Crippen molar-refractivity contribution < 1.29 is 19.1 Å². The van der Waals surface area contributed by atoms with Crippen LogP contribution < -0.4 is 15.4 Å². The zero-order valence-electron chi connectivity index (χ0n) is 17.0. The van der Waals surface area contributed by atoms with Crippen LogP contribution >= 0.6 is 11.6 Å². The molecule has 0 aromatic heterocycles. The Bertz CT molecular complexity index is 915. The number of anilines is 2. The molecule has 29 heavy (non-hydrogen) atoms. The third-order valence-corrected chi connectivity index (χ3v) is 4.93. The van der Waals surface area contributed by atoms with Crippen LogP contribution in [0.3, 0.4) is 0 Å². The first-order valence-corrected chi connectivity index (χ1v) is 9.76. The van der Waals surface area contributed by atoms with Gasteiger partial charge in [-0.2, -0.15) is 0 Å². The summed E-state index contributed by atoms with van der Waals surface area (Å²) in [6, 6.07) is 12.4. The maximum absolute atomic E-state index is 13.0. The van der Waals surface area contributed by atoms with E-state index in [0.717, 1.165) is 18.4 Å². The predicted octanol–water partition coefficient (Wildman–Crippen LogP) is 5.37. The maximum atomic E-state index is 13.0. The first-order valence-electron chi connectivity index (χ1n) is 9.38. The Hall–Kier alpha value is -2.73. The number of nitrogens with one attached hydrogen (secondary N) is 2. The third-order valence-electron chi connectivity index (χ3n) is 4.67. The van der Waals surface area contributed by atoms with Crippen molar-refractivity contribution >= 4 is 35.0 Å². The SMILES string of the molecule is COc1ccc(NC(=O)C2(c3ccc(Cl)cc3)CC2)cc1NC(=O)OC(C)(C)C. The number of hydrogen-bond acceptors (Lipinski definition) is 4. The molecule has 0 spiro atoms. The summed E-state index contributed by atoms with van der Waals surface area (Å²) in [5.74, 6) is 0.376. The minimum atomic E-state index is -0.625. The lowest BCUT2D eigenvalue weighted by Crippen LogP contribution is -2.28. The van der Waals surface area contributed by atoms with Crippen LogP contribution in [0.4, 0.5) is 16.2 Å². The largest absolute Gasteiger partial charge is 0.495 e. The van der Waals surface area contributed by atoms with Crippen LogP contribution in [0.2, 0.25) is 5.02 Å². The summed E-state index contributed by atoms with van der Waals surface area (Å²) in [5, 5.41) is 6.26. The van der Waals surface area contributed by atoms with Crippen LogP contribution in [-0.2, 0) is 14.9 Å². The fourth-order valence-electron chi connectivity index (χ4n) is 3.09. The number of halogens is 1. The zero-order valence-corrected chi connectivity index (χ0v) is 17.7. The minimum Gasteiger partial charge on any atom is -0.495 e. The highest BCUT2D eigenvalue weighted by atomic mass is 35.5. The van der Waals surface area contributed by atoms with E-state index < -0.39 is 17.1 Å². The number of ether oxygens (including phenoxy) is 2. The monoisotopic (exact) mass is 416 g/mol. The molecule has 1 saturated carbocycles. The second-order valence-corrected chi connectivity index (χ2v) is 8.52. The normalized spacial score (nSPS) is 14.7. The molecule has 0 saturated heterocycles. The highest BCUT2D eigenvalue weighted by molar-refractivity contribution is 6.30. The molecule has 0 unspecified atom stereocenters. The van der Waals surface area contributed by atoms with E-state index in [4.69, 9.17) is 21.1 Å². The highest BCUT2D eigenvalue weighted by Crippen LogP contribution is 2.49. The quantitative estimate of drug-likeness (QED) is 0.687. The number of rotatable bonds is 5. The molecule has 6 nitrogen and oxygen atoms in total. The van der Waals surface area contributed by atoms with Crippen molar-refractivity contribution in [3.8, 4) is 5.75 Å². The summed E-state index contributed by atoms with van der Waals surface area (Å²) >= 11 is 5.96. The highest BCUT2D eigenvalue weighted by Gasteiger charge is 2.51. The number of hydrogen-bond donors (Lipinski definition) is 2. The van der Waals surface area contributed by atoms with Gasteiger partial charge >= 0.3 is 6.09 Å². The summed E-state index contributed by atoms with van der Waals surface area (Å²) in [4.78, 5) is 25.1. The van der Waals surface area contributed by atoms with Gasteiger partial charge in [0.25, 0.3) is 0 Å². The molecular weight excluding hydrogens is 392 g/mol. The molecule has 2 aromatic carbocycles. The molecule has 0 atom stereocenters. The third kappa shape index (κ3) is 5.01. The average molecular weight is 417 g/mol. The van der Waals surface area contributed by atoms with Gasteiger partial charge in [0.15, 0.2) is 0 Å². The van der Waals surface area contributed by atoms with E-state index in [0.29, 0.717) is 22.1 Å². The summed E-state index contributed by atoms with van der Waals surface area (Å²) in [5.41, 5.74) is 0.751. The van der Waals surface area contributed by atoms with Gasteiger partial charge in [-0.25, -0.2) is 4.79 Å². The number of methoxy groups -OCH3 is 1. The van der Waals surface area contributed by atoms with Crippen LogP contribution in [0.25, 0.3) is 0 Å². The van der Waals surface area contributed by atoms with Gasteiger partial charge in [0.2, 0.25) is 5.91 Å². The van der Waals surface area contributed by atoms with Gasteiger partial charge in [0.1, 0.15) is 11.4 Å². The standard InChI is InChI=1S/C22H25ClN2O4/c1-21(2,3)29-20(27)25-17-13-16(9-10-18(17)28-4)24-19(26)22(11-12-22)14-5-7-15(23)8-6-14/h5-10,13H,11-12H2,1-4H3,(H,24,26)(H,25,27). The van der Waals surface area contributed by atoms with Gasteiger partial charge in [-0.15, -0.1) is 0 Å².